The number of phenolic OH excluding ortho intramolecular Hbond substituents is 1. The van der Waals surface area contributed by atoms with Crippen LogP contribution < -0.4 is 0 Å². The van der Waals surface area contributed by atoms with Gasteiger partial charge in [0, 0.05) is 6.04 Å². The number of rotatable bonds is 1. The van der Waals surface area contributed by atoms with Gasteiger partial charge >= 0.3 is 0 Å². The monoisotopic (exact) mass is 225 g/mol. The number of likely N-dealkylation sites (N-methyl/N-ethyl adjacent to an activating group) is 1. The summed E-state index contributed by atoms with van der Waals surface area (Å²) in [6.45, 7) is 0. The predicted octanol–water partition coefficient (Wildman–Crippen LogP) is 2.46. The van der Waals surface area contributed by atoms with Gasteiger partial charge in [0.05, 0.1) is 5.02 Å². The Bertz CT molecular complexity index is 376. The lowest BCUT2D eigenvalue weighted by Crippen LogP contribution is -2.33. The summed E-state index contributed by atoms with van der Waals surface area (Å²) in [5.41, 5.74) is 2.53. The van der Waals surface area contributed by atoms with Crippen molar-refractivity contribution in [1.29, 1.82) is 0 Å². The van der Waals surface area contributed by atoms with E-state index in [0.717, 1.165) is 12.8 Å². The molecule has 2 rings (SSSR count). The molecule has 15 heavy (non-hydrogen) atoms. The molecule has 2 nitrogen and oxygen atoms in total. The third-order valence-electron chi connectivity index (χ3n) is 3.20. The number of benzene rings is 1. The van der Waals surface area contributed by atoms with Gasteiger partial charge in [-0.15, -0.1) is 0 Å². The maximum atomic E-state index is 9.55. The number of hydrogen-bond acceptors (Lipinski definition) is 2. The van der Waals surface area contributed by atoms with Gasteiger partial charge in [0.25, 0.3) is 0 Å². The second-order valence-corrected chi connectivity index (χ2v) is 4.84. The van der Waals surface area contributed by atoms with Crippen LogP contribution in [0.2, 0.25) is 5.02 Å². The van der Waals surface area contributed by atoms with Gasteiger partial charge in [-0.3, -0.25) is 0 Å². The molecule has 1 aromatic rings. The standard InChI is InChI=1S/C12H16ClNO/c1-14(2)10-4-3-8-6-11(13)12(15)7-9(8)5-10/h6-7,10,15H,3-5H2,1-2H3. The average molecular weight is 226 g/mol. The van der Waals surface area contributed by atoms with Gasteiger partial charge in [0.15, 0.2) is 0 Å². The van der Waals surface area contributed by atoms with Crippen LogP contribution in [0.5, 0.6) is 5.75 Å². The van der Waals surface area contributed by atoms with E-state index in [2.05, 4.69) is 19.0 Å². The molecule has 0 spiro atoms. The van der Waals surface area contributed by atoms with Gasteiger partial charge in [-0.25, -0.2) is 0 Å². The molecule has 1 aromatic carbocycles. The first-order valence-corrected chi connectivity index (χ1v) is 5.62. The van der Waals surface area contributed by atoms with E-state index in [4.69, 9.17) is 11.6 Å². The molecule has 1 aliphatic carbocycles. The van der Waals surface area contributed by atoms with Crippen LogP contribution in [0.4, 0.5) is 0 Å². The summed E-state index contributed by atoms with van der Waals surface area (Å²) in [6, 6.07) is 4.30. The summed E-state index contributed by atoms with van der Waals surface area (Å²) < 4.78 is 0. The summed E-state index contributed by atoms with van der Waals surface area (Å²) in [5, 5.41) is 10.0. The van der Waals surface area contributed by atoms with E-state index in [9.17, 15) is 5.11 Å². The molecule has 0 saturated carbocycles. The second kappa shape index (κ2) is 4.03. The first-order chi connectivity index (χ1) is 7.08. The normalized spacial score (nSPS) is 20.4. The lowest BCUT2D eigenvalue weighted by atomic mass is 9.87. The Hall–Kier alpha value is -0.730. The van der Waals surface area contributed by atoms with Crippen LogP contribution in [0, 0.1) is 0 Å². The quantitative estimate of drug-likeness (QED) is 0.794. The molecule has 0 aliphatic heterocycles. The fourth-order valence-electron chi connectivity index (χ4n) is 2.19. The van der Waals surface area contributed by atoms with Crippen molar-refractivity contribution in [2.75, 3.05) is 14.1 Å². The Morgan fingerprint density at radius 2 is 2.07 bits per heavy atom. The van der Waals surface area contributed by atoms with Crippen molar-refractivity contribution in [3.05, 3.63) is 28.3 Å². The smallest absolute Gasteiger partial charge is 0.134 e. The molecule has 0 radical (unpaired) electrons. The molecule has 0 fully saturated rings. The fraction of sp³-hybridized carbons (Fsp3) is 0.500. The topological polar surface area (TPSA) is 23.5 Å². The van der Waals surface area contributed by atoms with Crippen molar-refractivity contribution in [2.45, 2.75) is 25.3 Å². The third-order valence-corrected chi connectivity index (χ3v) is 3.50. The highest BCUT2D eigenvalue weighted by atomic mass is 35.5. The Balaban J connectivity index is 2.30. The van der Waals surface area contributed by atoms with Crippen molar-refractivity contribution in [1.82, 2.24) is 4.90 Å². The lowest BCUT2D eigenvalue weighted by Gasteiger charge is -2.30. The molecule has 82 valence electrons. The minimum atomic E-state index is 0.204. The predicted molar refractivity (Wildman–Crippen MR) is 62.6 cm³/mol. The van der Waals surface area contributed by atoms with E-state index < -0.39 is 0 Å². The van der Waals surface area contributed by atoms with Gasteiger partial charge in [0.1, 0.15) is 5.75 Å². The zero-order valence-corrected chi connectivity index (χ0v) is 9.88. The van der Waals surface area contributed by atoms with Crippen molar-refractivity contribution in [3.8, 4) is 5.75 Å². The van der Waals surface area contributed by atoms with Crippen molar-refractivity contribution in [2.24, 2.45) is 0 Å². The van der Waals surface area contributed by atoms with Gasteiger partial charge < -0.3 is 10.0 Å². The maximum absolute atomic E-state index is 9.55. The highest BCUT2D eigenvalue weighted by molar-refractivity contribution is 6.32. The van der Waals surface area contributed by atoms with Crippen LogP contribution in [-0.2, 0) is 12.8 Å². The number of aromatic hydroxyl groups is 1. The Morgan fingerprint density at radius 1 is 1.33 bits per heavy atom. The minimum absolute atomic E-state index is 0.204. The Morgan fingerprint density at radius 3 is 2.73 bits per heavy atom. The minimum Gasteiger partial charge on any atom is -0.506 e. The number of phenols is 1. The Labute approximate surface area is 95.5 Å². The third kappa shape index (κ3) is 2.11. The first kappa shape index (κ1) is 10.8. The van der Waals surface area contributed by atoms with E-state index in [-0.39, 0.29) is 5.75 Å². The number of aryl methyl sites for hydroxylation is 1. The number of fused-ring (bicyclic) bond motifs is 1. The maximum Gasteiger partial charge on any atom is 0.134 e. The fourth-order valence-corrected chi connectivity index (χ4v) is 2.37. The lowest BCUT2D eigenvalue weighted by molar-refractivity contribution is 0.268. The zero-order chi connectivity index (χ0) is 11.0. The molecule has 1 unspecified atom stereocenters. The van der Waals surface area contributed by atoms with Crippen LogP contribution in [0.25, 0.3) is 0 Å². The highest BCUT2D eigenvalue weighted by Gasteiger charge is 2.21. The second-order valence-electron chi connectivity index (χ2n) is 4.43. The summed E-state index contributed by atoms with van der Waals surface area (Å²) in [5.74, 6) is 0.204. The van der Waals surface area contributed by atoms with E-state index in [1.165, 1.54) is 17.5 Å². The van der Waals surface area contributed by atoms with Crippen molar-refractivity contribution in [3.63, 3.8) is 0 Å². The van der Waals surface area contributed by atoms with Crippen LogP contribution in [0.1, 0.15) is 17.5 Å². The number of hydrogen-bond donors (Lipinski definition) is 1. The van der Waals surface area contributed by atoms with Gasteiger partial charge in [0.2, 0.25) is 0 Å². The molecule has 0 amide bonds. The molecular weight excluding hydrogens is 210 g/mol. The Kier molecular flexibility index (Phi) is 2.89. The molecule has 0 aromatic heterocycles. The molecule has 0 bridgehead atoms. The molecule has 3 heteroatoms. The van der Waals surface area contributed by atoms with E-state index in [1.807, 2.05) is 12.1 Å². The van der Waals surface area contributed by atoms with Crippen LogP contribution >= 0.6 is 11.6 Å². The van der Waals surface area contributed by atoms with E-state index >= 15 is 0 Å². The largest absolute Gasteiger partial charge is 0.506 e. The summed E-state index contributed by atoms with van der Waals surface area (Å²) in [6.07, 6.45) is 3.23. The average Bonchev–Trinajstić information content (AvgIpc) is 2.19. The van der Waals surface area contributed by atoms with Gasteiger partial charge in [-0.1, -0.05) is 11.6 Å². The number of halogens is 1. The van der Waals surface area contributed by atoms with Crippen molar-refractivity contribution < 1.29 is 5.11 Å². The van der Waals surface area contributed by atoms with Crippen LogP contribution in [0.3, 0.4) is 0 Å². The van der Waals surface area contributed by atoms with Gasteiger partial charge in [-0.2, -0.15) is 0 Å². The van der Waals surface area contributed by atoms with E-state index in [0.29, 0.717) is 11.1 Å². The summed E-state index contributed by atoms with van der Waals surface area (Å²) >= 11 is 5.88. The van der Waals surface area contributed by atoms with Crippen molar-refractivity contribution >= 4 is 11.6 Å². The van der Waals surface area contributed by atoms with Crippen LogP contribution in [-0.4, -0.2) is 30.1 Å². The number of nitrogens with zero attached hydrogens (tertiary/aromatic N) is 1. The molecular formula is C12H16ClNO. The SMILES string of the molecule is CN(C)C1CCc2cc(Cl)c(O)cc2C1. The molecule has 1 N–H and O–H groups in total. The zero-order valence-electron chi connectivity index (χ0n) is 9.13. The van der Waals surface area contributed by atoms with Crippen LogP contribution in [0.15, 0.2) is 12.1 Å². The molecule has 0 saturated heterocycles. The first-order valence-electron chi connectivity index (χ1n) is 5.24. The summed E-state index contributed by atoms with van der Waals surface area (Å²) in [4.78, 5) is 2.24. The molecule has 0 heterocycles. The van der Waals surface area contributed by atoms with Gasteiger partial charge in [-0.05, 0) is 56.6 Å². The molecule has 1 atom stereocenters. The van der Waals surface area contributed by atoms with E-state index in [1.54, 1.807) is 0 Å². The summed E-state index contributed by atoms with van der Waals surface area (Å²) in [7, 11) is 4.21. The highest BCUT2D eigenvalue weighted by Crippen LogP contribution is 2.32. The molecule has 1 aliphatic rings.